The van der Waals surface area contributed by atoms with Gasteiger partial charge < -0.3 is 20.9 Å². The van der Waals surface area contributed by atoms with E-state index >= 15 is 0 Å². The number of anilines is 1. The third-order valence-corrected chi connectivity index (χ3v) is 4.81. The van der Waals surface area contributed by atoms with Crippen molar-refractivity contribution in [3.8, 4) is 0 Å². The second-order valence-corrected chi connectivity index (χ2v) is 6.43. The Hall–Kier alpha value is -3.09. The van der Waals surface area contributed by atoms with E-state index in [0.717, 1.165) is 47.4 Å². The fourth-order valence-corrected chi connectivity index (χ4v) is 3.52. The Labute approximate surface area is 172 Å². The maximum atomic E-state index is 12.3. The Morgan fingerprint density at radius 1 is 1.41 bits per heavy atom. The molecule has 1 amide bonds. The van der Waals surface area contributed by atoms with Crippen LogP contribution in [0.1, 0.15) is 46.1 Å². The number of allylic oxidation sites excluding steroid dienone is 3. The first-order valence-corrected chi connectivity index (χ1v) is 10.2. The van der Waals surface area contributed by atoms with Crippen molar-refractivity contribution in [1.82, 2.24) is 15.3 Å². The Morgan fingerprint density at radius 2 is 2.17 bits per heavy atom. The van der Waals surface area contributed by atoms with Crippen LogP contribution in [-0.2, 0) is 4.79 Å². The summed E-state index contributed by atoms with van der Waals surface area (Å²) < 4.78 is 0. The van der Waals surface area contributed by atoms with E-state index in [1.54, 1.807) is 19.3 Å². The summed E-state index contributed by atoms with van der Waals surface area (Å²) in [5.74, 6) is 0.488. The number of hydrogen-bond donors (Lipinski definition) is 3. The van der Waals surface area contributed by atoms with Crippen LogP contribution in [0.25, 0.3) is 11.0 Å². The van der Waals surface area contributed by atoms with Gasteiger partial charge in [-0.3, -0.25) is 4.79 Å². The number of carbonyl (C=O) groups excluding carboxylic acids is 1. The van der Waals surface area contributed by atoms with Crippen LogP contribution < -0.4 is 16.0 Å². The minimum absolute atomic E-state index is 0.0371. The lowest BCUT2D eigenvalue weighted by molar-refractivity contribution is -0.121. The molecule has 7 heteroatoms. The highest BCUT2D eigenvalue weighted by Gasteiger charge is 2.32. The van der Waals surface area contributed by atoms with E-state index in [2.05, 4.69) is 25.2 Å². The number of nitrogens with two attached hydrogens (primary N) is 1. The molecule has 4 N–H and O–H groups in total. The summed E-state index contributed by atoms with van der Waals surface area (Å²) in [5, 5.41) is 3.73. The molecule has 1 aliphatic heterocycles. The predicted molar refractivity (Wildman–Crippen MR) is 121 cm³/mol. The number of nitrogens with zero attached hydrogens (tertiary/aromatic N) is 3. The third kappa shape index (κ3) is 4.67. The van der Waals surface area contributed by atoms with Crippen LogP contribution in [0.4, 0.5) is 5.69 Å². The molecule has 0 radical (unpaired) electrons. The zero-order valence-corrected chi connectivity index (χ0v) is 18.0. The van der Waals surface area contributed by atoms with Crippen molar-refractivity contribution in [1.29, 1.82) is 0 Å². The molecular formula is C22H32N6O. The van der Waals surface area contributed by atoms with Crippen LogP contribution in [0.3, 0.4) is 0 Å². The van der Waals surface area contributed by atoms with Crippen LogP contribution in [0, 0.1) is 0 Å². The first-order chi connectivity index (χ1) is 14.1. The maximum Gasteiger partial charge on any atom is 0.242 e. The monoisotopic (exact) mass is 396 g/mol. The fraction of sp³-hybridized carbons (Fsp3) is 0.409. The van der Waals surface area contributed by atoms with Gasteiger partial charge in [0, 0.05) is 31.5 Å². The molecule has 0 bridgehead atoms. The number of aromatic nitrogens is 2. The Bertz CT molecular complexity index is 925. The van der Waals surface area contributed by atoms with Crippen LogP contribution in [0.2, 0.25) is 0 Å². The van der Waals surface area contributed by atoms with Crippen molar-refractivity contribution in [2.45, 2.75) is 46.6 Å². The van der Waals surface area contributed by atoms with Gasteiger partial charge >= 0.3 is 0 Å². The number of amides is 1. The summed E-state index contributed by atoms with van der Waals surface area (Å²) in [6.07, 6.45) is 11.1. The van der Waals surface area contributed by atoms with E-state index < -0.39 is 0 Å². The Morgan fingerprint density at radius 3 is 2.83 bits per heavy atom. The number of nitrogens with one attached hydrogen (secondary N) is 2. The fourth-order valence-electron chi connectivity index (χ4n) is 3.52. The number of aliphatic imine (C=N–C) groups is 1. The summed E-state index contributed by atoms with van der Waals surface area (Å²) >= 11 is 0. The van der Waals surface area contributed by atoms with E-state index in [-0.39, 0.29) is 11.9 Å². The molecule has 1 saturated heterocycles. The molecule has 1 fully saturated rings. The molecule has 0 spiro atoms. The Kier molecular flexibility index (Phi) is 8.00. The van der Waals surface area contributed by atoms with Crippen molar-refractivity contribution >= 4 is 28.3 Å². The molecule has 0 aliphatic carbocycles. The number of carbonyl (C=O) groups is 1. The van der Waals surface area contributed by atoms with Gasteiger partial charge in [0.25, 0.3) is 0 Å². The third-order valence-electron chi connectivity index (χ3n) is 4.81. The van der Waals surface area contributed by atoms with Gasteiger partial charge in [0.05, 0.1) is 16.8 Å². The molecule has 156 valence electrons. The lowest BCUT2D eigenvalue weighted by atomic mass is 10.1. The van der Waals surface area contributed by atoms with Crippen LogP contribution in [0.5, 0.6) is 0 Å². The van der Waals surface area contributed by atoms with Crippen molar-refractivity contribution in [2.24, 2.45) is 10.7 Å². The molecule has 29 heavy (non-hydrogen) atoms. The molecular weight excluding hydrogens is 364 g/mol. The number of likely N-dealkylation sites (N-methyl/N-ethyl adjacent to an activating group) is 1. The van der Waals surface area contributed by atoms with Crippen molar-refractivity contribution in [3.63, 3.8) is 0 Å². The standard InChI is InChI=1S/C20H26N6O.C2H6/c1-4-7-14(25-17(21)5-2)13-12-24-19-18(13)15(9-10-23-19)26-11-6-8-16(26)20(27)22-3;1-2/h4-5,7,9-10,12,16H,6,8,11,21H2,1-3H3,(H,22,27)(H,23,24);1-2H3/b7-4-,17-5+,25-14+;. The van der Waals surface area contributed by atoms with Crippen molar-refractivity contribution in [3.05, 3.63) is 48.1 Å². The SMILES string of the molecule is CC.C\C=C/C(=N\C(N)=C\C)c1c[nH]c2nccc(N3CCCC3C(=O)NC)c12. The molecule has 0 saturated carbocycles. The van der Waals surface area contributed by atoms with Gasteiger partial charge in [0.15, 0.2) is 0 Å². The number of fused-ring (bicyclic) bond motifs is 1. The van der Waals surface area contributed by atoms with E-state index in [9.17, 15) is 4.79 Å². The molecule has 1 unspecified atom stereocenters. The zero-order valence-electron chi connectivity index (χ0n) is 18.0. The molecule has 1 aliphatic rings. The zero-order chi connectivity index (χ0) is 21.4. The van der Waals surface area contributed by atoms with Gasteiger partial charge in [-0.1, -0.05) is 19.9 Å². The van der Waals surface area contributed by atoms with E-state index in [4.69, 9.17) is 5.73 Å². The maximum absolute atomic E-state index is 12.3. The highest BCUT2D eigenvalue weighted by atomic mass is 16.2. The second kappa shape index (κ2) is 10.5. The van der Waals surface area contributed by atoms with Gasteiger partial charge in [-0.2, -0.15) is 0 Å². The van der Waals surface area contributed by atoms with Crippen LogP contribution in [-0.4, -0.2) is 41.2 Å². The number of hydrogen-bond acceptors (Lipinski definition) is 5. The van der Waals surface area contributed by atoms with Crippen LogP contribution >= 0.6 is 0 Å². The highest BCUT2D eigenvalue weighted by Crippen LogP contribution is 2.34. The smallest absolute Gasteiger partial charge is 0.242 e. The van der Waals surface area contributed by atoms with E-state index in [1.807, 2.05) is 52.1 Å². The van der Waals surface area contributed by atoms with Gasteiger partial charge in [0.1, 0.15) is 17.5 Å². The quantitative estimate of drug-likeness (QED) is 0.674. The molecule has 3 rings (SSSR count). The summed E-state index contributed by atoms with van der Waals surface area (Å²) in [4.78, 5) is 26.7. The Balaban J connectivity index is 0.00000145. The van der Waals surface area contributed by atoms with Gasteiger partial charge in [-0.05, 0) is 44.9 Å². The van der Waals surface area contributed by atoms with Gasteiger partial charge in [-0.15, -0.1) is 0 Å². The predicted octanol–water partition coefficient (Wildman–Crippen LogP) is 3.49. The number of rotatable bonds is 5. The first-order valence-electron chi connectivity index (χ1n) is 10.2. The topological polar surface area (TPSA) is 99.4 Å². The molecule has 3 heterocycles. The molecule has 0 aromatic carbocycles. The minimum Gasteiger partial charge on any atom is -0.384 e. The lowest BCUT2D eigenvalue weighted by Crippen LogP contribution is -2.42. The summed E-state index contributed by atoms with van der Waals surface area (Å²) in [6, 6.07) is 1.79. The number of H-pyrrole nitrogens is 1. The largest absolute Gasteiger partial charge is 0.384 e. The molecule has 2 aromatic rings. The number of aromatic amines is 1. The van der Waals surface area contributed by atoms with E-state index in [1.165, 1.54) is 0 Å². The summed E-state index contributed by atoms with van der Waals surface area (Å²) in [7, 11) is 1.68. The van der Waals surface area contributed by atoms with Crippen LogP contribution in [0.15, 0.2) is 47.5 Å². The molecule has 1 atom stereocenters. The highest BCUT2D eigenvalue weighted by molar-refractivity contribution is 6.19. The average molecular weight is 397 g/mol. The van der Waals surface area contributed by atoms with E-state index in [0.29, 0.717) is 5.82 Å². The lowest BCUT2D eigenvalue weighted by Gasteiger charge is -2.26. The molecule has 2 aromatic heterocycles. The summed E-state index contributed by atoms with van der Waals surface area (Å²) in [6.45, 7) is 8.62. The first kappa shape index (κ1) is 22.2. The van der Waals surface area contributed by atoms with Crippen molar-refractivity contribution < 1.29 is 4.79 Å². The normalized spacial score (nSPS) is 17.6. The molecule has 7 nitrogen and oxygen atoms in total. The second-order valence-electron chi connectivity index (χ2n) is 6.43. The number of pyridine rings is 1. The van der Waals surface area contributed by atoms with Crippen molar-refractivity contribution in [2.75, 3.05) is 18.5 Å². The van der Waals surface area contributed by atoms with Gasteiger partial charge in [0.2, 0.25) is 5.91 Å². The minimum atomic E-state index is -0.175. The summed E-state index contributed by atoms with van der Waals surface area (Å²) in [5.41, 5.74) is 9.36. The average Bonchev–Trinajstić information content (AvgIpc) is 3.41. The van der Waals surface area contributed by atoms with Gasteiger partial charge in [-0.25, -0.2) is 9.98 Å².